The molecule has 5 rings (SSSR count). The molecule has 0 aromatic heterocycles. The first-order valence-electron chi connectivity index (χ1n) is 9.94. The van der Waals surface area contributed by atoms with Crippen LogP contribution in [0.1, 0.15) is 35.1 Å². The van der Waals surface area contributed by atoms with Crippen molar-refractivity contribution in [3.63, 3.8) is 0 Å². The van der Waals surface area contributed by atoms with Gasteiger partial charge in [0, 0.05) is 11.5 Å². The normalized spacial score (nSPS) is 26.1. The Bertz CT molecular complexity index is 1040. The van der Waals surface area contributed by atoms with Crippen molar-refractivity contribution in [2.24, 2.45) is 5.92 Å². The Hall–Kier alpha value is -2.16. The fraction of sp³-hybridized carbons (Fsp3) is 0.280. The van der Waals surface area contributed by atoms with Gasteiger partial charge >= 0.3 is 0 Å². The monoisotopic (exact) mass is 424 g/mol. The summed E-state index contributed by atoms with van der Waals surface area (Å²) in [5.41, 5.74) is 3.75. The van der Waals surface area contributed by atoms with E-state index < -0.39 is 9.93 Å². The quantitative estimate of drug-likeness (QED) is 0.438. The van der Waals surface area contributed by atoms with Crippen LogP contribution in [0.15, 0.2) is 72.8 Å². The highest BCUT2D eigenvalue weighted by Gasteiger charge is 2.83. The van der Waals surface area contributed by atoms with Gasteiger partial charge in [-0.2, -0.15) is 0 Å². The fourth-order valence-electron chi connectivity index (χ4n) is 4.71. The summed E-state index contributed by atoms with van der Waals surface area (Å²) in [6, 6.07) is 24.7. The van der Waals surface area contributed by atoms with E-state index in [-0.39, 0.29) is 11.8 Å². The van der Waals surface area contributed by atoms with Crippen LogP contribution in [0.2, 0.25) is 0 Å². The molecule has 0 spiro atoms. The second-order valence-corrected chi connectivity index (χ2v) is 9.21. The predicted molar refractivity (Wildman–Crippen MR) is 117 cm³/mol. The summed E-state index contributed by atoms with van der Waals surface area (Å²) >= 11 is 14.0. The number of hydrogen-bond donors (Lipinski definition) is 0. The third-order valence-electron chi connectivity index (χ3n) is 6.13. The van der Waals surface area contributed by atoms with Crippen LogP contribution >= 0.6 is 23.2 Å². The van der Waals surface area contributed by atoms with Crippen LogP contribution in [0.25, 0.3) is 0 Å². The second-order valence-electron chi connectivity index (χ2n) is 7.82. The van der Waals surface area contributed by atoms with Crippen molar-refractivity contribution in [2.45, 2.75) is 29.7 Å². The highest BCUT2D eigenvalue weighted by atomic mass is 35.5. The van der Waals surface area contributed by atoms with Gasteiger partial charge in [0.15, 0.2) is 9.93 Å². The van der Waals surface area contributed by atoms with Crippen molar-refractivity contribution >= 4 is 23.2 Å². The Morgan fingerprint density at radius 1 is 0.931 bits per heavy atom. The van der Waals surface area contributed by atoms with Gasteiger partial charge in [-0.25, -0.2) is 0 Å². The molecular weight excluding hydrogens is 403 g/mol. The zero-order chi connectivity index (χ0) is 20.2. The molecule has 0 N–H and O–H groups in total. The van der Waals surface area contributed by atoms with E-state index >= 15 is 0 Å². The molecule has 0 radical (unpaired) electrons. The van der Waals surface area contributed by atoms with Crippen molar-refractivity contribution in [3.05, 3.63) is 95.1 Å². The van der Waals surface area contributed by atoms with Gasteiger partial charge < -0.3 is 9.47 Å². The number of fused-ring (bicyclic) bond motifs is 2. The van der Waals surface area contributed by atoms with Gasteiger partial charge in [0.2, 0.25) is 0 Å². The summed E-state index contributed by atoms with van der Waals surface area (Å²) in [6.07, 6.45) is 0. The first-order valence-corrected chi connectivity index (χ1v) is 10.7. The van der Waals surface area contributed by atoms with Gasteiger partial charge in [-0.05, 0) is 43.2 Å². The molecule has 1 aliphatic heterocycles. The minimum atomic E-state index is -1.03. The van der Waals surface area contributed by atoms with Crippen LogP contribution in [0.3, 0.4) is 0 Å². The molecule has 0 saturated heterocycles. The fourth-order valence-corrected chi connectivity index (χ4v) is 5.69. The summed E-state index contributed by atoms with van der Waals surface area (Å²) in [5, 5.41) is 0. The molecule has 4 heteroatoms. The molecule has 0 amide bonds. The van der Waals surface area contributed by atoms with E-state index in [1.54, 1.807) is 0 Å². The molecule has 1 aliphatic carbocycles. The maximum absolute atomic E-state index is 6.98. The van der Waals surface area contributed by atoms with Crippen LogP contribution in [-0.2, 0) is 5.60 Å². The van der Waals surface area contributed by atoms with E-state index in [4.69, 9.17) is 32.7 Å². The Morgan fingerprint density at radius 3 is 2.31 bits per heavy atom. The summed E-state index contributed by atoms with van der Waals surface area (Å²) in [7, 11) is 0. The predicted octanol–water partition coefficient (Wildman–Crippen LogP) is 6.62. The molecule has 2 aliphatic rings. The minimum Gasteiger partial charge on any atom is -0.494 e. The summed E-state index contributed by atoms with van der Waals surface area (Å²) in [4.78, 5) is 0. The highest BCUT2D eigenvalue weighted by molar-refractivity contribution is 6.52. The first kappa shape index (κ1) is 18.8. The molecule has 3 atom stereocenters. The van der Waals surface area contributed by atoms with Gasteiger partial charge in [0.1, 0.15) is 11.5 Å². The van der Waals surface area contributed by atoms with E-state index in [2.05, 4.69) is 37.3 Å². The summed E-state index contributed by atoms with van der Waals surface area (Å²) in [5.74, 6) is 1.63. The molecule has 0 bridgehead atoms. The molecule has 1 heterocycles. The lowest BCUT2D eigenvalue weighted by molar-refractivity contribution is 0.137. The van der Waals surface area contributed by atoms with Crippen LogP contribution in [-0.4, -0.2) is 10.9 Å². The van der Waals surface area contributed by atoms with Crippen molar-refractivity contribution in [3.8, 4) is 11.5 Å². The van der Waals surface area contributed by atoms with Gasteiger partial charge in [0.25, 0.3) is 0 Å². The van der Waals surface area contributed by atoms with E-state index in [0.717, 1.165) is 22.6 Å². The maximum atomic E-state index is 6.98. The van der Waals surface area contributed by atoms with E-state index in [1.165, 1.54) is 11.1 Å². The molecule has 29 heavy (non-hydrogen) atoms. The lowest BCUT2D eigenvalue weighted by atomic mass is 9.82. The van der Waals surface area contributed by atoms with Crippen LogP contribution in [0.4, 0.5) is 0 Å². The summed E-state index contributed by atoms with van der Waals surface area (Å²) < 4.78 is 11.1. The minimum absolute atomic E-state index is 0.0575. The number of halogens is 2. The number of aryl methyl sites for hydroxylation is 1. The number of hydrogen-bond acceptors (Lipinski definition) is 2. The molecule has 1 saturated carbocycles. The zero-order valence-electron chi connectivity index (χ0n) is 16.4. The van der Waals surface area contributed by atoms with Crippen LogP contribution in [0.5, 0.6) is 11.5 Å². The zero-order valence-corrected chi connectivity index (χ0v) is 17.9. The molecule has 2 nitrogen and oxygen atoms in total. The van der Waals surface area contributed by atoms with Crippen LogP contribution < -0.4 is 9.47 Å². The first-order chi connectivity index (χ1) is 14.0. The average Bonchev–Trinajstić information content (AvgIpc) is 3.23. The lowest BCUT2D eigenvalue weighted by Gasteiger charge is -2.32. The van der Waals surface area contributed by atoms with Crippen LogP contribution in [0, 0.1) is 12.8 Å². The SMILES string of the molecule is CCOc1ccc([C@]23Oc4ccccc4[C@H](c4ccc(C)cc4)[C@H]2C3(Cl)Cl)cc1. The second kappa shape index (κ2) is 6.68. The summed E-state index contributed by atoms with van der Waals surface area (Å²) in [6.45, 7) is 4.69. The van der Waals surface area contributed by atoms with E-state index in [9.17, 15) is 0 Å². The Labute approximate surface area is 181 Å². The maximum Gasteiger partial charge on any atom is 0.174 e. The Morgan fingerprint density at radius 2 is 1.62 bits per heavy atom. The molecule has 148 valence electrons. The van der Waals surface area contributed by atoms with Gasteiger partial charge in [-0.15, -0.1) is 0 Å². The molecule has 0 unspecified atom stereocenters. The molecule has 1 fully saturated rings. The lowest BCUT2D eigenvalue weighted by Crippen LogP contribution is -2.28. The average molecular weight is 425 g/mol. The number of ether oxygens (including phenoxy) is 2. The molecule has 3 aromatic carbocycles. The third kappa shape index (κ3) is 2.69. The smallest absolute Gasteiger partial charge is 0.174 e. The Balaban J connectivity index is 1.65. The third-order valence-corrected chi connectivity index (χ3v) is 7.16. The standard InChI is InChI=1S/C25H22Cl2O2/c1-3-28-19-14-12-18(13-15-19)24-23(25(24,26)27)22(17-10-8-16(2)9-11-17)20-6-4-5-7-21(20)29-24/h4-15,22-23H,3H2,1-2H3/t22-,23+,24-/m0/s1. The number of para-hydroxylation sites is 1. The number of rotatable bonds is 4. The topological polar surface area (TPSA) is 18.5 Å². The van der Waals surface area contributed by atoms with Gasteiger partial charge in [-0.1, -0.05) is 83.4 Å². The highest BCUT2D eigenvalue weighted by Crippen LogP contribution is 2.77. The van der Waals surface area contributed by atoms with Crippen molar-refractivity contribution < 1.29 is 9.47 Å². The molecular formula is C25H22Cl2O2. The molecule has 3 aromatic rings. The number of alkyl halides is 2. The van der Waals surface area contributed by atoms with Crippen molar-refractivity contribution in [1.82, 2.24) is 0 Å². The van der Waals surface area contributed by atoms with Gasteiger partial charge in [0.05, 0.1) is 12.5 Å². The Kier molecular flexibility index (Phi) is 4.34. The van der Waals surface area contributed by atoms with Crippen molar-refractivity contribution in [1.29, 1.82) is 0 Å². The van der Waals surface area contributed by atoms with Crippen molar-refractivity contribution in [2.75, 3.05) is 6.61 Å². The number of benzene rings is 3. The van der Waals surface area contributed by atoms with Gasteiger partial charge in [-0.3, -0.25) is 0 Å². The largest absolute Gasteiger partial charge is 0.494 e. The van der Waals surface area contributed by atoms with E-state index in [0.29, 0.717) is 6.61 Å². The van der Waals surface area contributed by atoms with E-state index in [1.807, 2.05) is 49.4 Å².